The lowest BCUT2D eigenvalue weighted by atomic mass is 10.1. The topological polar surface area (TPSA) is 111 Å². The van der Waals surface area contributed by atoms with Crippen LogP contribution < -0.4 is 14.8 Å². The van der Waals surface area contributed by atoms with Crippen LogP contribution in [0.15, 0.2) is 43.0 Å². The lowest BCUT2D eigenvalue weighted by molar-refractivity contribution is 0.160. The Hall–Kier alpha value is -3.59. The van der Waals surface area contributed by atoms with Gasteiger partial charge >= 0.3 is 0 Å². The number of nitrogens with one attached hydrogen (secondary N) is 2. The second kappa shape index (κ2) is 8.88. The summed E-state index contributed by atoms with van der Waals surface area (Å²) in [5, 5.41) is 11.8. The van der Waals surface area contributed by atoms with E-state index in [9.17, 15) is 0 Å². The fourth-order valence-corrected chi connectivity index (χ4v) is 3.76. The summed E-state index contributed by atoms with van der Waals surface area (Å²) in [6, 6.07) is 5.98. The molecule has 3 aromatic heterocycles. The fourth-order valence-electron chi connectivity index (χ4n) is 3.76. The van der Waals surface area contributed by atoms with Crippen molar-refractivity contribution >= 4 is 10.9 Å². The zero-order valence-corrected chi connectivity index (χ0v) is 18.1. The highest BCUT2D eigenvalue weighted by Crippen LogP contribution is 2.30. The summed E-state index contributed by atoms with van der Waals surface area (Å²) in [4.78, 5) is 17.9. The minimum atomic E-state index is 0.0277. The highest BCUT2D eigenvalue weighted by atomic mass is 16.5. The third kappa shape index (κ3) is 4.38. The van der Waals surface area contributed by atoms with Gasteiger partial charge in [-0.2, -0.15) is 5.10 Å². The number of aromatic nitrogens is 6. The number of piperidine rings is 1. The highest BCUT2D eigenvalue weighted by Gasteiger charge is 2.17. The second-order valence-corrected chi connectivity index (χ2v) is 8.07. The minimum absolute atomic E-state index is 0.0277. The molecule has 1 fully saturated rings. The van der Waals surface area contributed by atoms with Crippen LogP contribution in [0.2, 0.25) is 0 Å². The van der Waals surface area contributed by atoms with Crippen molar-refractivity contribution in [2.24, 2.45) is 0 Å². The van der Waals surface area contributed by atoms with Gasteiger partial charge in [-0.25, -0.2) is 9.97 Å². The molecule has 1 aliphatic rings. The minimum Gasteiger partial charge on any atom is -0.474 e. The van der Waals surface area contributed by atoms with Crippen LogP contribution >= 0.6 is 0 Å². The molecule has 1 unspecified atom stereocenters. The van der Waals surface area contributed by atoms with Crippen molar-refractivity contribution in [3.05, 3.63) is 43.0 Å². The molecule has 32 heavy (non-hydrogen) atoms. The molecule has 0 amide bonds. The predicted octanol–water partition coefficient (Wildman–Crippen LogP) is 3.39. The van der Waals surface area contributed by atoms with Crippen LogP contribution in [0.25, 0.3) is 33.5 Å². The first-order valence-electron chi connectivity index (χ1n) is 10.8. The summed E-state index contributed by atoms with van der Waals surface area (Å²) in [6.07, 6.45) is 8.92. The van der Waals surface area contributed by atoms with Crippen molar-refractivity contribution in [3.63, 3.8) is 0 Å². The van der Waals surface area contributed by atoms with Gasteiger partial charge in [-0.05, 0) is 45.4 Å². The van der Waals surface area contributed by atoms with Gasteiger partial charge in [0, 0.05) is 17.5 Å². The zero-order chi connectivity index (χ0) is 21.9. The summed E-state index contributed by atoms with van der Waals surface area (Å²) in [5.74, 6) is 1.01. The molecule has 1 aliphatic heterocycles. The summed E-state index contributed by atoms with van der Waals surface area (Å²) >= 11 is 0. The molecule has 0 spiro atoms. The van der Waals surface area contributed by atoms with E-state index in [2.05, 4.69) is 35.5 Å². The normalized spacial score (nSPS) is 16.4. The van der Waals surface area contributed by atoms with Gasteiger partial charge in [-0.1, -0.05) is 6.07 Å². The van der Waals surface area contributed by atoms with Crippen molar-refractivity contribution in [1.82, 2.24) is 35.5 Å². The Labute approximate surface area is 185 Å². The molecule has 0 bridgehead atoms. The zero-order valence-electron chi connectivity index (χ0n) is 18.1. The van der Waals surface area contributed by atoms with Crippen LogP contribution in [0, 0.1) is 0 Å². The number of rotatable bonds is 6. The molecule has 164 valence electrons. The molecule has 1 atom stereocenters. The quantitative estimate of drug-likeness (QED) is 0.478. The summed E-state index contributed by atoms with van der Waals surface area (Å²) in [7, 11) is 0. The molecule has 2 N–H and O–H groups in total. The van der Waals surface area contributed by atoms with Crippen LogP contribution in [0.5, 0.6) is 11.8 Å². The van der Waals surface area contributed by atoms with E-state index in [0.29, 0.717) is 23.1 Å². The number of aromatic amines is 1. The van der Waals surface area contributed by atoms with Crippen LogP contribution in [0.3, 0.4) is 0 Å². The average molecular weight is 432 g/mol. The number of benzene rings is 1. The van der Waals surface area contributed by atoms with Gasteiger partial charge in [-0.15, -0.1) is 0 Å². The third-order valence-electron chi connectivity index (χ3n) is 5.22. The van der Waals surface area contributed by atoms with Crippen LogP contribution in [0.4, 0.5) is 0 Å². The molecular weight excluding hydrogens is 406 g/mol. The highest BCUT2D eigenvalue weighted by molar-refractivity contribution is 5.94. The van der Waals surface area contributed by atoms with E-state index in [1.54, 1.807) is 24.8 Å². The number of ether oxygens (including phenoxy) is 2. The number of nitrogens with zero attached hydrogens (tertiary/aromatic N) is 5. The first kappa shape index (κ1) is 20.3. The number of H-pyrrole nitrogens is 1. The Balaban J connectivity index is 1.46. The Morgan fingerprint density at radius 1 is 1.00 bits per heavy atom. The Morgan fingerprint density at radius 2 is 1.81 bits per heavy atom. The van der Waals surface area contributed by atoms with E-state index in [1.807, 2.05) is 32.0 Å². The first-order valence-corrected chi connectivity index (χ1v) is 10.8. The van der Waals surface area contributed by atoms with Gasteiger partial charge in [0.05, 0.1) is 42.1 Å². The third-order valence-corrected chi connectivity index (χ3v) is 5.22. The fraction of sp³-hybridized carbons (Fsp3) is 0.348. The summed E-state index contributed by atoms with van der Waals surface area (Å²) in [6.45, 7) is 5.77. The van der Waals surface area contributed by atoms with E-state index in [1.165, 1.54) is 0 Å². The Kier molecular flexibility index (Phi) is 5.64. The van der Waals surface area contributed by atoms with Crippen LogP contribution in [0.1, 0.15) is 26.7 Å². The smallest absolute Gasteiger partial charge is 0.233 e. The number of hydrogen-bond acceptors (Lipinski definition) is 8. The summed E-state index contributed by atoms with van der Waals surface area (Å²) in [5.41, 5.74) is 3.90. The van der Waals surface area contributed by atoms with Crippen LogP contribution in [-0.2, 0) is 0 Å². The molecule has 9 nitrogen and oxygen atoms in total. The maximum atomic E-state index is 6.04. The molecule has 1 saturated heterocycles. The SMILES string of the molecule is CC(C)Oc1cncc(-c2ccc3[nH]nc(-c4cncc(OC5CCCNC5)n4)c3c2)n1. The van der Waals surface area contributed by atoms with Gasteiger partial charge in [0.1, 0.15) is 17.5 Å². The van der Waals surface area contributed by atoms with Crippen molar-refractivity contribution in [3.8, 4) is 34.4 Å². The van der Waals surface area contributed by atoms with E-state index in [4.69, 9.17) is 9.47 Å². The Bertz CT molecular complexity index is 1220. The second-order valence-electron chi connectivity index (χ2n) is 8.07. The molecular formula is C23H25N7O2. The Morgan fingerprint density at radius 3 is 2.62 bits per heavy atom. The number of fused-ring (bicyclic) bond motifs is 1. The maximum Gasteiger partial charge on any atom is 0.233 e. The van der Waals surface area contributed by atoms with E-state index in [0.717, 1.165) is 48.1 Å². The van der Waals surface area contributed by atoms with E-state index in [-0.39, 0.29) is 12.2 Å². The molecule has 1 aromatic carbocycles. The maximum absolute atomic E-state index is 6.04. The van der Waals surface area contributed by atoms with E-state index >= 15 is 0 Å². The molecule has 4 aromatic rings. The van der Waals surface area contributed by atoms with Gasteiger partial charge < -0.3 is 14.8 Å². The monoisotopic (exact) mass is 431 g/mol. The van der Waals surface area contributed by atoms with Crippen LogP contribution in [-0.4, -0.2) is 55.4 Å². The number of hydrogen-bond donors (Lipinski definition) is 2. The van der Waals surface area contributed by atoms with Crippen molar-refractivity contribution in [2.75, 3.05) is 13.1 Å². The largest absolute Gasteiger partial charge is 0.474 e. The van der Waals surface area contributed by atoms with Gasteiger partial charge in [-0.3, -0.25) is 15.1 Å². The van der Waals surface area contributed by atoms with E-state index < -0.39 is 0 Å². The lowest BCUT2D eigenvalue weighted by Crippen LogP contribution is -2.37. The molecule has 9 heteroatoms. The molecule has 0 saturated carbocycles. The van der Waals surface area contributed by atoms with Crippen molar-refractivity contribution in [1.29, 1.82) is 0 Å². The summed E-state index contributed by atoms with van der Waals surface area (Å²) < 4.78 is 11.7. The molecule has 4 heterocycles. The standard InChI is InChI=1S/C23H25N7O2/c1-14(2)31-21-12-25-10-19(27-21)15-5-6-18-17(8-15)23(30-29-18)20-11-26-13-22(28-20)32-16-4-3-7-24-9-16/h5-6,8,10-14,16,24H,3-4,7,9H2,1-2H3,(H,29,30). The van der Waals surface area contributed by atoms with Crippen molar-refractivity contribution in [2.45, 2.75) is 38.9 Å². The van der Waals surface area contributed by atoms with Gasteiger partial charge in [0.15, 0.2) is 0 Å². The molecule has 0 aliphatic carbocycles. The molecule has 0 radical (unpaired) electrons. The van der Waals surface area contributed by atoms with Gasteiger partial charge in [0.25, 0.3) is 0 Å². The molecule has 5 rings (SSSR count). The van der Waals surface area contributed by atoms with Crippen molar-refractivity contribution < 1.29 is 9.47 Å². The average Bonchev–Trinajstić information content (AvgIpc) is 3.23. The predicted molar refractivity (Wildman–Crippen MR) is 120 cm³/mol. The van der Waals surface area contributed by atoms with Gasteiger partial charge in [0.2, 0.25) is 11.8 Å². The lowest BCUT2D eigenvalue weighted by Gasteiger charge is -2.23. The first-order chi connectivity index (χ1) is 15.7.